The summed E-state index contributed by atoms with van der Waals surface area (Å²) in [7, 11) is 0. The fourth-order valence-electron chi connectivity index (χ4n) is 2.97. The van der Waals surface area contributed by atoms with Crippen LogP contribution < -0.4 is 0 Å². The summed E-state index contributed by atoms with van der Waals surface area (Å²) in [6.07, 6.45) is 5.06. The van der Waals surface area contributed by atoms with Crippen LogP contribution in [0.15, 0.2) is 41.8 Å². The van der Waals surface area contributed by atoms with Gasteiger partial charge in [0.25, 0.3) is 0 Å². The SMILES string of the molecule is CCC1c2ccsc2CCN1C(=O)C=Cc1cccc(F)c1. The van der Waals surface area contributed by atoms with Crippen molar-refractivity contribution in [2.45, 2.75) is 25.8 Å². The van der Waals surface area contributed by atoms with E-state index in [0.29, 0.717) is 5.56 Å². The Hall–Kier alpha value is -1.94. The van der Waals surface area contributed by atoms with Gasteiger partial charge >= 0.3 is 0 Å². The summed E-state index contributed by atoms with van der Waals surface area (Å²) in [5.74, 6) is -0.296. The molecule has 1 aromatic heterocycles. The number of halogens is 1. The van der Waals surface area contributed by atoms with Crippen LogP contribution in [-0.4, -0.2) is 17.4 Å². The van der Waals surface area contributed by atoms with E-state index in [2.05, 4.69) is 18.4 Å². The lowest BCUT2D eigenvalue weighted by Crippen LogP contribution is -2.38. The highest BCUT2D eigenvalue weighted by atomic mass is 32.1. The number of fused-ring (bicyclic) bond motifs is 1. The highest BCUT2D eigenvalue weighted by Gasteiger charge is 2.29. The molecule has 0 aliphatic carbocycles. The van der Waals surface area contributed by atoms with Crippen molar-refractivity contribution in [3.05, 3.63) is 63.6 Å². The molecule has 1 amide bonds. The summed E-state index contributed by atoms with van der Waals surface area (Å²) >= 11 is 1.77. The van der Waals surface area contributed by atoms with Crippen LogP contribution in [-0.2, 0) is 11.2 Å². The molecule has 2 aromatic rings. The molecule has 0 saturated heterocycles. The summed E-state index contributed by atoms with van der Waals surface area (Å²) in [5.41, 5.74) is 1.99. The lowest BCUT2D eigenvalue weighted by molar-refractivity contribution is -0.128. The largest absolute Gasteiger partial charge is 0.332 e. The average Bonchev–Trinajstić information content (AvgIpc) is 3.00. The van der Waals surface area contributed by atoms with Crippen molar-refractivity contribution in [1.82, 2.24) is 4.90 Å². The molecule has 1 atom stereocenters. The van der Waals surface area contributed by atoms with Crippen LogP contribution in [0.3, 0.4) is 0 Å². The Bertz CT molecular complexity index is 707. The molecule has 4 heteroatoms. The van der Waals surface area contributed by atoms with Crippen molar-refractivity contribution in [3.63, 3.8) is 0 Å². The fraction of sp³-hybridized carbons (Fsp3) is 0.278. The lowest BCUT2D eigenvalue weighted by Gasteiger charge is -2.34. The second-order valence-corrected chi connectivity index (χ2v) is 6.39. The molecule has 0 spiro atoms. The minimum Gasteiger partial charge on any atom is -0.332 e. The van der Waals surface area contributed by atoms with Gasteiger partial charge < -0.3 is 4.90 Å². The van der Waals surface area contributed by atoms with Gasteiger partial charge in [0.2, 0.25) is 5.91 Å². The smallest absolute Gasteiger partial charge is 0.247 e. The van der Waals surface area contributed by atoms with Crippen molar-refractivity contribution < 1.29 is 9.18 Å². The van der Waals surface area contributed by atoms with Crippen molar-refractivity contribution in [2.24, 2.45) is 0 Å². The van der Waals surface area contributed by atoms with Gasteiger partial charge in [0.1, 0.15) is 5.82 Å². The third-order valence-corrected chi connectivity index (χ3v) is 5.03. The van der Waals surface area contributed by atoms with Gasteiger partial charge in [-0.05, 0) is 53.6 Å². The topological polar surface area (TPSA) is 20.3 Å². The molecule has 3 rings (SSSR count). The van der Waals surface area contributed by atoms with Crippen LogP contribution in [0.1, 0.15) is 35.4 Å². The monoisotopic (exact) mass is 315 g/mol. The molecule has 0 bridgehead atoms. The lowest BCUT2D eigenvalue weighted by atomic mass is 9.97. The maximum absolute atomic E-state index is 13.2. The van der Waals surface area contributed by atoms with Crippen molar-refractivity contribution in [3.8, 4) is 0 Å². The highest BCUT2D eigenvalue weighted by Crippen LogP contribution is 2.35. The Morgan fingerprint density at radius 1 is 1.45 bits per heavy atom. The van der Waals surface area contributed by atoms with Crippen LogP contribution in [0.5, 0.6) is 0 Å². The fourth-order valence-corrected chi connectivity index (χ4v) is 3.90. The van der Waals surface area contributed by atoms with E-state index in [0.717, 1.165) is 19.4 Å². The molecule has 0 N–H and O–H groups in total. The zero-order valence-corrected chi connectivity index (χ0v) is 13.3. The average molecular weight is 315 g/mol. The number of carbonyl (C=O) groups excluding carboxylic acids is 1. The number of benzene rings is 1. The predicted octanol–water partition coefficient (Wildman–Crippen LogP) is 4.44. The Kier molecular flexibility index (Phi) is 4.39. The number of carbonyl (C=O) groups is 1. The molecular formula is C18H18FNOS. The molecule has 114 valence electrons. The van der Waals surface area contributed by atoms with Gasteiger partial charge in [0.05, 0.1) is 6.04 Å². The van der Waals surface area contributed by atoms with Crippen molar-refractivity contribution >= 4 is 23.3 Å². The molecule has 1 aromatic carbocycles. The number of amides is 1. The van der Waals surface area contributed by atoms with Crippen molar-refractivity contribution in [2.75, 3.05) is 6.54 Å². The maximum atomic E-state index is 13.2. The molecule has 1 unspecified atom stereocenters. The molecule has 22 heavy (non-hydrogen) atoms. The standard InChI is InChI=1S/C18H18FNOS/c1-2-16-15-9-11-22-17(15)8-10-20(16)18(21)7-6-13-4-3-5-14(19)12-13/h3-7,9,11-12,16H,2,8,10H2,1H3. The van der Waals surface area contributed by atoms with Gasteiger partial charge in [0.15, 0.2) is 0 Å². The second-order valence-electron chi connectivity index (χ2n) is 5.39. The third kappa shape index (κ3) is 2.97. The van der Waals surface area contributed by atoms with Crippen LogP contribution in [0, 0.1) is 5.82 Å². The molecule has 0 saturated carbocycles. The Morgan fingerprint density at radius 3 is 3.09 bits per heavy atom. The Labute approximate surface area is 133 Å². The summed E-state index contributed by atoms with van der Waals surface area (Å²) in [6.45, 7) is 2.85. The quantitative estimate of drug-likeness (QED) is 0.767. The van der Waals surface area contributed by atoms with Gasteiger partial charge in [-0.25, -0.2) is 4.39 Å². The van der Waals surface area contributed by atoms with E-state index < -0.39 is 0 Å². The maximum Gasteiger partial charge on any atom is 0.247 e. The molecule has 2 nitrogen and oxygen atoms in total. The van der Waals surface area contributed by atoms with E-state index in [-0.39, 0.29) is 17.8 Å². The van der Waals surface area contributed by atoms with Crippen LogP contribution >= 0.6 is 11.3 Å². The highest BCUT2D eigenvalue weighted by molar-refractivity contribution is 7.10. The van der Waals surface area contributed by atoms with Crippen LogP contribution in [0.4, 0.5) is 4.39 Å². The molecule has 1 aliphatic heterocycles. The molecule has 2 heterocycles. The third-order valence-electron chi connectivity index (χ3n) is 4.03. The van der Waals surface area contributed by atoms with Gasteiger partial charge in [-0.2, -0.15) is 0 Å². The normalized spacial score (nSPS) is 17.7. The summed E-state index contributed by atoms with van der Waals surface area (Å²) in [4.78, 5) is 15.8. The second kappa shape index (κ2) is 6.44. The zero-order valence-electron chi connectivity index (χ0n) is 12.5. The van der Waals surface area contributed by atoms with Gasteiger partial charge in [0, 0.05) is 17.5 Å². The van der Waals surface area contributed by atoms with E-state index in [1.807, 2.05) is 4.90 Å². The van der Waals surface area contributed by atoms with Crippen molar-refractivity contribution in [1.29, 1.82) is 0 Å². The summed E-state index contributed by atoms with van der Waals surface area (Å²) in [6, 6.07) is 8.54. The summed E-state index contributed by atoms with van der Waals surface area (Å²) in [5, 5.41) is 2.10. The number of hydrogen-bond acceptors (Lipinski definition) is 2. The Balaban J connectivity index is 1.77. The van der Waals surface area contributed by atoms with Gasteiger partial charge in [-0.1, -0.05) is 19.1 Å². The molecule has 0 radical (unpaired) electrons. The molecule has 1 aliphatic rings. The van der Waals surface area contributed by atoms with Gasteiger partial charge in [-0.15, -0.1) is 11.3 Å². The van der Waals surface area contributed by atoms with E-state index in [9.17, 15) is 9.18 Å². The Morgan fingerprint density at radius 2 is 2.32 bits per heavy atom. The molecule has 0 fully saturated rings. The van der Waals surface area contributed by atoms with Crippen LogP contribution in [0.2, 0.25) is 0 Å². The van der Waals surface area contributed by atoms with Crippen LogP contribution in [0.25, 0.3) is 6.08 Å². The minimum atomic E-state index is -0.290. The van der Waals surface area contributed by atoms with E-state index in [1.165, 1.54) is 22.6 Å². The first-order valence-corrected chi connectivity index (χ1v) is 8.37. The number of rotatable bonds is 3. The first-order valence-electron chi connectivity index (χ1n) is 7.49. The van der Waals surface area contributed by atoms with E-state index in [1.54, 1.807) is 35.6 Å². The first kappa shape index (κ1) is 15.0. The molecular weight excluding hydrogens is 297 g/mol. The van der Waals surface area contributed by atoms with E-state index in [4.69, 9.17) is 0 Å². The first-order chi connectivity index (χ1) is 10.7. The number of hydrogen-bond donors (Lipinski definition) is 0. The number of thiophene rings is 1. The number of nitrogens with zero attached hydrogens (tertiary/aromatic N) is 1. The van der Waals surface area contributed by atoms with E-state index >= 15 is 0 Å². The summed E-state index contributed by atoms with van der Waals surface area (Å²) < 4.78 is 13.2. The minimum absolute atomic E-state index is 0.00652. The predicted molar refractivity (Wildman–Crippen MR) is 88.2 cm³/mol. The van der Waals surface area contributed by atoms with Gasteiger partial charge in [-0.3, -0.25) is 4.79 Å². The zero-order chi connectivity index (χ0) is 15.5.